The summed E-state index contributed by atoms with van der Waals surface area (Å²) in [7, 11) is -3.69. The first kappa shape index (κ1) is 16.1. The maximum atomic E-state index is 13.5. The Hall–Kier alpha value is -0.980. The van der Waals surface area contributed by atoms with Crippen LogP contribution in [-0.4, -0.2) is 15.0 Å². The molecule has 0 aromatic heterocycles. The minimum atomic E-state index is -3.69. The maximum absolute atomic E-state index is 13.5. The van der Waals surface area contributed by atoms with Gasteiger partial charge in [-0.3, -0.25) is 0 Å². The standard InChI is InChI=1S/C13H21FN2O2S/c1-10(2)5-4-8-16-19(17,18)13-7-3-6-12(14)11(13)9-15/h3,6-7,10,16H,4-5,8-9,15H2,1-2H3. The lowest BCUT2D eigenvalue weighted by atomic mass is 10.1. The number of sulfonamides is 1. The van der Waals surface area contributed by atoms with Gasteiger partial charge in [0.15, 0.2) is 0 Å². The molecule has 0 aliphatic rings. The van der Waals surface area contributed by atoms with Crippen molar-refractivity contribution < 1.29 is 12.8 Å². The van der Waals surface area contributed by atoms with E-state index < -0.39 is 15.8 Å². The number of nitrogens with two attached hydrogens (primary N) is 1. The second-order valence-electron chi connectivity index (χ2n) is 4.85. The highest BCUT2D eigenvalue weighted by atomic mass is 32.2. The molecule has 0 heterocycles. The number of nitrogens with one attached hydrogen (secondary N) is 1. The Morgan fingerprint density at radius 2 is 2.05 bits per heavy atom. The lowest BCUT2D eigenvalue weighted by Crippen LogP contribution is -2.26. The highest BCUT2D eigenvalue weighted by Gasteiger charge is 2.19. The van der Waals surface area contributed by atoms with E-state index in [1.165, 1.54) is 18.2 Å². The zero-order valence-electron chi connectivity index (χ0n) is 11.3. The summed E-state index contributed by atoms with van der Waals surface area (Å²) in [6, 6.07) is 3.95. The zero-order chi connectivity index (χ0) is 14.5. The summed E-state index contributed by atoms with van der Waals surface area (Å²) in [6.07, 6.45) is 1.69. The SMILES string of the molecule is CC(C)CCCNS(=O)(=O)c1cccc(F)c1CN. The highest BCUT2D eigenvalue weighted by molar-refractivity contribution is 7.89. The topological polar surface area (TPSA) is 72.2 Å². The Kier molecular flexibility index (Phi) is 5.90. The summed E-state index contributed by atoms with van der Waals surface area (Å²) in [5.41, 5.74) is 5.44. The second-order valence-corrected chi connectivity index (χ2v) is 6.59. The molecule has 0 saturated heterocycles. The fourth-order valence-electron chi connectivity index (χ4n) is 1.78. The molecule has 19 heavy (non-hydrogen) atoms. The molecule has 1 aromatic rings. The molecule has 0 amide bonds. The average Bonchev–Trinajstić information content (AvgIpc) is 2.34. The predicted octanol–water partition coefficient (Wildman–Crippen LogP) is 2.00. The Morgan fingerprint density at radius 1 is 1.37 bits per heavy atom. The van der Waals surface area contributed by atoms with Gasteiger partial charge in [0.25, 0.3) is 0 Å². The summed E-state index contributed by atoms with van der Waals surface area (Å²) in [5, 5.41) is 0. The van der Waals surface area contributed by atoms with Crippen LogP contribution >= 0.6 is 0 Å². The summed E-state index contributed by atoms with van der Waals surface area (Å²) < 4.78 is 40.1. The third-order valence-electron chi connectivity index (χ3n) is 2.82. The molecular formula is C13H21FN2O2S. The van der Waals surface area contributed by atoms with Crippen LogP contribution in [0.1, 0.15) is 32.3 Å². The van der Waals surface area contributed by atoms with Gasteiger partial charge in [-0.05, 0) is 30.9 Å². The van der Waals surface area contributed by atoms with Crippen molar-refractivity contribution in [2.45, 2.75) is 38.1 Å². The summed E-state index contributed by atoms with van der Waals surface area (Å²) in [5.74, 6) is -0.0640. The summed E-state index contributed by atoms with van der Waals surface area (Å²) >= 11 is 0. The molecule has 0 aliphatic carbocycles. The first-order valence-electron chi connectivity index (χ1n) is 6.35. The average molecular weight is 288 g/mol. The number of benzene rings is 1. The van der Waals surface area contributed by atoms with Crippen molar-refractivity contribution in [1.29, 1.82) is 0 Å². The molecule has 6 heteroatoms. The van der Waals surface area contributed by atoms with Gasteiger partial charge >= 0.3 is 0 Å². The van der Waals surface area contributed by atoms with E-state index in [2.05, 4.69) is 18.6 Å². The van der Waals surface area contributed by atoms with Gasteiger partial charge in [-0.2, -0.15) is 0 Å². The van der Waals surface area contributed by atoms with Crippen molar-refractivity contribution in [3.63, 3.8) is 0 Å². The van der Waals surface area contributed by atoms with Crippen molar-refractivity contribution in [3.8, 4) is 0 Å². The minimum absolute atomic E-state index is 0.0267. The van der Waals surface area contributed by atoms with E-state index in [0.717, 1.165) is 12.8 Å². The van der Waals surface area contributed by atoms with Gasteiger partial charge in [0.05, 0.1) is 4.90 Å². The van der Waals surface area contributed by atoms with E-state index in [1.807, 2.05) is 0 Å². The largest absolute Gasteiger partial charge is 0.326 e. The molecular weight excluding hydrogens is 267 g/mol. The Labute approximate surface area is 114 Å². The fourth-order valence-corrected chi connectivity index (χ4v) is 3.11. The smallest absolute Gasteiger partial charge is 0.240 e. The van der Waals surface area contributed by atoms with Crippen LogP contribution in [0.15, 0.2) is 23.1 Å². The molecule has 0 fully saturated rings. The monoisotopic (exact) mass is 288 g/mol. The number of hydrogen-bond donors (Lipinski definition) is 2. The van der Waals surface area contributed by atoms with Crippen LogP contribution in [0.2, 0.25) is 0 Å². The van der Waals surface area contributed by atoms with Gasteiger partial charge in [-0.25, -0.2) is 17.5 Å². The van der Waals surface area contributed by atoms with E-state index in [4.69, 9.17) is 5.73 Å². The minimum Gasteiger partial charge on any atom is -0.326 e. The molecule has 3 N–H and O–H groups in total. The van der Waals surface area contributed by atoms with Crippen LogP contribution in [0.4, 0.5) is 4.39 Å². The molecule has 0 atom stereocenters. The molecule has 0 saturated carbocycles. The summed E-state index contributed by atoms with van der Waals surface area (Å²) in [4.78, 5) is -0.0699. The molecule has 0 aliphatic heterocycles. The Morgan fingerprint density at radius 3 is 2.63 bits per heavy atom. The van der Waals surface area contributed by atoms with E-state index in [1.54, 1.807) is 0 Å². The van der Waals surface area contributed by atoms with Gasteiger partial charge in [-0.1, -0.05) is 19.9 Å². The number of rotatable bonds is 7. The van der Waals surface area contributed by atoms with Crippen molar-refractivity contribution in [2.24, 2.45) is 11.7 Å². The van der Waals surface area contributed by atoms with E-state index in [0.29, 0.717) is 12.5 Å². The van der Waals surface area contributed by atoms with Crippen LogP contribution in [0.25, 0.3) is 0 Å². The van der Waals surface area contributed by atoms with Gasteiger partial charge in [0, 0.05) is 18.7 Å². The molecule has 0 bridgehead atoms. The van der Waals surface area contributed by atoms with Crippen molar-refractivity contribution >= 4 is 10.0 Å². The highest BCUT2D eigenvalue weighted by Crippen LogP contribution is 2.18. The molecule has 108 valence electrons. The Balaban J connectivity index is 2.80. The van der Waals surface area contributed by atoms with E-state index in [-0.39, 0.29) is 17.0 Å². The van der Waals surface area contributed by atoms with Crippen molar-refractivity contribution in [2.75, 3.05) is 6.54 Å². The molecule has 0 unspecified atom stereocenters. The zero-order valence-corrected chi connectivity index (χ0v) is 12.1. The molecule has 4 nitrogen and oxygen atoms in total. The quantitative estimate of drug-likeness (QED) is 0.754. The number of hydrogen-bond acceptors (Lipinski definition) is 3. The van der Waals surface area contributed by atoms with Crippen LogP contribution in [0.3, 0.4) is 0 Å². The maximum Gasteiger partial charge on any atom is 0.240 e. The van der Waals surface area contributed by atoms with Gasteiger partial charge in [0.1, 0.15) is 5.82 Å². The van der Waals surface area contributed by atoms with Gasteiger partial charge in [0.2, 0.25) is 10.0 Å². The van der Waals surface area contributed by atoms with Crippen molar-refractivity contribution in [1.82, 2.24) is 4.72 Å². The van der Waals surface area contributed by atoms with Crippen molar-refractivity contribution in [3.05, 3.63) is 29.6 Å². The molecule has 1 aromatic carbocycles. The Bertz CT molecular complexity index is 515. The third-order valence-corrected chi connectivity index (χ3v) is 4.37. The molecule has 0 spiro atoms. The first-order valence-corrected chi connectivity index (χ1v) is 7.84. The molecule has 1 rings (SSSR count). The first-order chi connectivity index (χ1) is 8.88. The lowest BCUT2D eigenvalue weighted by Gasteiger charge is -2.11. The predicted molar refractivity (Wildman–Crippen MR) is 73.6 cm³/mol. The third kappa shape index (κ3) is 4.56. The summed E-state index contributed by atoms with van der Waals surface area (Å²) in [6.45, 7) is 4.36. The normalized spacial score (nSPS) is 12.1. The van der Waals surface area contributed by atoms with Crippen LogP contribution in [-0.2, 0) is 16.6 Å². The molecule has 0 radical (unpaired) electrons. The van der Waals surface area contributed by atoms with Crippen LogP contribution < -0.4 is 10.5 Å². The van der Waals surface area contributed by atoms with E-state index in [9.17, 15) is 12.8 Å². The second kappa shape index (κ2) is 6.98. The van der Waals surface area contributed by atoms with Gasteiger partial charge < -0.3 is 5.73 Å². The van der Waals surface area contributed by atoms with Crippen LogP contribution in [0.5, 0.6) is 0 Å². The lowest BCUT2D eigenvalue weighted by molar-refractivity contribution is 0.538. The van der Waals surface area contributed by atoms with Crippen LogP contribution in [0, 0.1) is 11.7 Å². The number of halogens is 1. The fraction of sp³-hybridized carbons (Fsp3) is 0.538. The van der Waals surface area contributed by atoms with Gasteiger partial charge in [-0.15, -0.1) is 0 Å². The van der Waals surface area contributed by atoms with E-state index >= 15 is 0 Å².